The molecule has 1 aliphatic heterocycles. The van der Waals surface area contributed by atoms with E-state index in [0.29, 0.717) is 19.1 Å². The monoisotopic (exact) mass is 242 g/mol. The minimum absolute atomic E-state index is 0.240. The van der Waals surface area contributed by atoms with Gasteiger partial charge in [0.1, 0.15) is 0 Å². The number of likely N-dealkylation sites (tertiary alicyclic amines) is 1. The van der Waals surface area contributed by atoms with E-state index in [0.717, 1.165) is 39.1 Å². The SMILES string of the molecule is CCCOCCC(=O)N1CCCC(NCC)C1. The minimum atomic E-state index is 0.240. The van der Waals surface area contributed by atoms with Gasteiger partial charge in [-0.15, -0.1) is 0 Å². The molecule has 1 unspecified atom stereocenters. The van der Waals surface area contributed by atoms with E-state index < -0.39 is 0 Å². The van der Waals surface area contributed by atoms with E-state index in [1.807, 2.05) is 4.90 Å². The molecule has 1 rings (SSSR count). The van der Waals surface area contributed by atoms with E-state index in [2.05, 4.69) is 19.2 Å². The van der Waals surface area contributed by atoms with Crippen molar-refractivity contribution in [2.45, 2.75) is 45.6 Å². The van der Waals surface area contributed by atoms with E-state index in [1.165, 1.54) is 6.42 Å². The van der Waals surface area contributed by atoms with E-state index in [9.17, 15) is 4.79 Å². The second-order valence-corrected chi connectivity index (χ2v) is 4.60. The molecular weight excluding hydrogens is 216 g/mol. The van der Waals surface area contributed by atoms with Crippen LogP contribution in [0.25, 0.3) is 0 Å². The molecule has 0 aromatic heterocycles. The highest BCUT2D eigenvalue weighted by Gasteiger charge is 2.22. The highest BCUT2D eigenvalue weighted by atomic mass is 16.5. The first kappa shape index (κ1) is 14.5. The molecule has 0 bridgehead atoms. The molecule has 1 saturated heterocycles. The van der Waals surface area contributed by atoms with Gasteiger partial charge in [0.2, 0.25) is 5.91 Å². The minimum Gasteiger partial charge on any atom is -0.381 e. The lowest BCUT2D eigenvalue weighted by Gasteiger charge is -2.33. The summed E-state index contributed by atoms with van der Waals surface area (Å²) in [5, 5.41) is 3.42. The van der Waals surface area contributed by atoms with Gasteiger partial charge in [0, 0.05) is 25.7 Å². The van der Waals surface area contributed by atoms with Crippen molar-refractivity contribution in [1.82, 2.24) is 10.2 Å². The Kier molecular flexibility index (Phi) is 7.21. The van der Waals surface area contributed by atoms with E-state index in [1.54, 1.807) is 0 Å². The Morgan fingerprint density at radius 3 is 2.94 bits per heavy atom. The zero-order valence-corrected chi connectivity index (χ0v) is 11.2. The molecule has 1 fully saturated rings. The maximum Gasteiger partial charge on any atom is 0.224 e. The largest absolute Gasteiger partial charge is 0.381 e. The fraction of sp³-hybridized carbons (Fsp3) is 0.923. The Morgan fingerprint density at radius 2 is 2.24 bits per heavy atom. The van der Waals surface area contributed by atoms with Crippen LogP contribution in [0.5, 0.6) is 0 Å². The summed E-state index contributed by atoms with van der Waals surface area (Å²) in [6, 6.07) is 0.481. The quantitative estimate of drug-likeness (QED) is 0.686. The average Bonchev–Trinajstić information content (AvgIpc) is 2.35. The number of amides is 1. The lowest BCUT2D eigenvalue weighted by Crippen LogP contribution is -2.48. The lowest BCUT2D eigenvalue weighted by atomic mass is 10.1. The number of carbonyl (C=O) groups excluding carboxylic acids is 1. The summed E-state index contributed by atoms with van der Waals surface area (Å²) < 4.78 is 5.36. The van der Waals surface area contributed by atoms with Crippen LogP contribution in [-0.2, 0) is 9.53 Å². The number of nitrogens with one attached hydrogen (secondary N) is 1. The number of ether oxygens (including phenoxy) is 1. The van der Waals surface area contributed by atoms with Crippen molar-refractivity contribution in [3.8, 4) is 0 Å². The van der Waals surface area contributed by atoms with Crippen molar-refractivity contribution in [2.24, 2.45) is 0 Å². The van der Waals surface area contributed by atoms with Gasteiger partial charge < -0.3 is 15.0 Å². The van der Waals surface area contributed by atoms with Crippen molar-refractivity contribution < 1.29 is 9.53 Å². The van der Waals surface area contributed by atoms with Crippen LogP contribution in [0.4, 0.5) is 0 Å². The van der Waals surface area contributed by atoms with E-state index in [-0.39, 0.29) is 5.91 Å². The Morgan fingerprint density at radius 1 is 1.41 bits per heavy atom. The molecule has 0 aliphatic carbocycles. The van der Waals surface area contributed by atoms with Gasteiger partial charge in [-0.3, -0.25) is 4.79 Å². The van der Waals surface area contributed by atoms with Crippen LogP contribution in [0.2, 0.25) is 0 Å². The Bertz CT molecular complexity index is 219. The zero-order valence-electron chi connectivity index (χ0n) is 11.2. The molecule has 0 saturated carbocycles. The summed E-state index contributed by atoms with van der Waals surface area (Å²) in [5.74, 6) is 0.240. The molecule has 1 amide bonds. The first-order chi connectivity index (χ1) is 8.27. The first-order valence-corrected chi connectivity index (χ1v) is 6.86. The van der Waals surface area contributed by atoms with Gasteiger partial charge in [0.25, 0.3) is 0 Å². The first-order valence-electron chi connectivity index (χ1n) is 6.86. The topological polar surface area (TPSA) is 41.6 Å². The van der Waals surface area contributed by atoms with Crippen LogP contribution in [0.3, 0.4) is 0 Å². The van der Waals surface area contributed by atoms with Crippen molar-refractivity contribution in [3.63, 3.8) is 0 Å². The number of hydrogen-bond donors (Lipinski definition) is 1. The summed E-state index contributed by atoms with van der Waals surface area (Å²) in [7, 11) is 0. The third-order valence-corrected chi connectivity index (χ3v) is 3.08. The van der Waals surface area contributed by atoms with Gasteiger partial charge in [-0.1, -0.05) is 13.8 Å². The molecule has 4 nitrogen and oxygen atoms in total. The smallest absolute Gasteiger partial charge is 0.224 e. The summed E-state index contributed by atoms with van der Waals surface area (Å²) in [6.07, 6.45) is 3.84. The molecular formula is C13H26N2O2. The van der Waals surface area contributed by atoms with Crippen molar-refractivity contribution >= 4 is 5.91 Å². The van der Waals surface area contributed by atoms with Gasteiger partial charge in [-0.25, -0.2) is 0 Å². The molecule has 4 heteroatoms. The summed E-state index contributed by atoms with van der Waals surface area (Å²) in [6.45, 7) is 8.26. The second-order valence-electron chi connectivity index (χ2n) is 4.60. The Labute approximate surface area is 105 Å². The van der Waals surface area contributed by atoms with Crippen LogP contribution < -0.4 is 5.32 Å². The second kappa shape index (κ2) is 8.48. The number of hydrogen-bond acceptors (Lipinski definition) is 3. The van der Waals surface area contributed by atoms with Crippen LogP contribution in [-0.4, -0.2) is 49.7 Å². The normalized spacial score (nSPS) is 20.6. The predicted octanol–water partition coefficient (Wildman–Crippen LogP) is 1.40. The zero-order chi connectivity index (χ0) is 12.5. The molecule has 1 N–H and O–H groups in total. The van der Waals surface area contributed by atoms with Crippen LogP contribution in [0.15, 0.2) is 0 Å². The Hall–Kier alpha value is -0.610. The summed E-state index contributed by atoms with van der Waals surface area (Å²) in [4.78, 5) is 13.9. The fourth-order valence-electron chi connectivity index (χ4n) is 2.22. The van der Waals surface area contributed by atoms with Gasteiger partial charge in [-0.05, 0) is 25.8 Å². The van der Waals surface area contributed by atoms with Crippen LogP contribution in [0.1, 0.15) is 39.5 Å². The van der Waals surface area contributed by atoms with Gasteiger partial charge in [0.05, 0.1) is 13.0 Å². The highest BCUT2D eigenvalue weighted by molar-refractivity contribution is 5.76. The van der Waals surface area contributed by atoms with Crippen LogP contribution >= 0.6 is 0 Å². The van der Waals surface area contributed by atoms with Gasteiger partial charge >= 0.3 is 0 Å². The Balaban J connectivity index is 2.21. The maximum atomic E-state index is 11.9. The number of nitrogens with zero attached hydrogens (tertiary/aromatic N) is 1. The molecule has 1 heterocycles. The average molecular weight is 242 g/mol. The van der Waals surface area contributed by atoms with E-state index in [4.69, 9.17) is 4.74 Å². The summed E-state index contributed by atoms with van der Waals surface area (Å²) in [5.41, 5.74) is 0. The molecule has 17 heavy (non-hydrogen) atoms. The highest BCUT2D eigenvalue weighted by Crippen LogP contribution is 2.11. The standard InChI is InChI=1S/C13H26N2O2/c1-3-9-17-10-7-13(16)15-8-5-6-12(11-15)14-4-2/h12,14H,3-11H2,1-2H3. The van der Waals surface area contributed by atoms with Crippen molar-refractivity contribution in [1.29, 1.82) is 0 Å². The number of rotatable bonds is 7. The molecule has 0 aromatic rings. The van der Waals surface area contributed by atoms with Gasteiger partial charge in [0.15, 0.2) is 0 Å². The van der Waals surface area contributed by atoms with Crippen molar-refractivity contribution in [3.05, 3.63) is 0 Å². The molecule has 0 spiro atoms. The molecule has 100 valence electrons. The van der Waals surface area contributed by atoms with Crippen LogP contribution in [0, 0.1) is 0 Å². The molecule has 1 aliphatic rings. The number of carbonyl (C=O) groups is 1. The third-order valence-electron chi connectivity index (χ3n) is 3.08. The molecule has 1 atom stereocenters. The lowest BCUT2D eigenvalue weighted by molar-refractivity contribution is -0.133. The third kappa shape index (κ3) is 5.50. The molecule has 0 radical (unpaired) electrons. The maximum absolute atomic E-state index is 11.9. The van der Waals surface area contributed by atoms with Crippen molar-refractivity contribution in [2.75, 3.05) is 32.8 Å². The number of piperidine rings is 1. The fourth-order valence-corrected chi connectivity index (χ4v) is 2.22. The summed E-state index contributed by atoms with van der Waals surface area (Å²) >= 11 is 0. The number of likely N-dealkylation sites (N-methyl/N-ethyl adjacent to an activating group) is 1. The predicted molar refractivity (Wildman–Crippen MR) is 69.0 cm³/mol. The molecule has 0 aromatic carbocycles. The van der Waals surface area contributed by atoms with Gasteiger partial charge in [-0.2, -0.15) is 0 Å². The van der Waals surface area contributed by atoms with E-state index >= 15 is 0 Å².